The first kappa shape index (κ1) is 13.9. The second-order valence-electron chi connectivity index (χ2n) is 5.90. The third-order valence-corrected chi connectivity index (χ3v) is 4.29. The fourth-order valence-electron chi connectivity index (χ4n) is 3.14. The lowest BCUT2D eigenvalue weighted by Crippen LogP contribution is -2.02. The predicted octanol–water partition coefficient (Wildman–Crippen LogP) is 4.67. The van der Waals surface area contributed by atoms with Gasteiger partial charge in [0, 0.05) is 12.1 Å². The van der Waals surface area contributed by atoms with Gasteiger partial charge >= 0.3 is 0 Å². The van der Waals surface area contributed by atoms with E-state index in [1.54, 1.807) is 0 Å². The van der Waals surface area contributed by atoms with Crippen molar-refractivity contribution < 1.29 is 0 Å². The van der Waals surface area contributed by atoms with Gasteiger partial charge in [0.2, 0.25) is 0 Å². The van der Waals surface area contributed by atoms with Gasteiger partial charge in [0.15, 0.2) is 11.6 Å². The van der Waals surface area contributed by atoms with E-state index < -0.39 is 0 Å². The summed E-state index contributed by atoms with van der Waals surface area (Å²) >= 11 is 0. The van der Waals surface area contributed by atoms with Crippen LogP contribution in [0.3, 0.4) is 0 Å². The van der Waals surface area contributed by atoms with E-state index in [2.05, 4.69) is 57.2 Å². The van der Waals surface area contributed by atoms with E-state index in [9.17, 15) is 0 Å². The quantitative estimate of drug-likeness (QED) is 0.688. The fourth-order valence-corrected chi connectivity index (χ4v) is 3.14. The molecule has 2 aromatic carbocycles. The highest BCUT2D eigenvalue weighted by Crippen LogP contribution is 2.30. The summed E-state index contributed by atoms with van der Waals surface area (Å²) in [6.45, 7) is 0.985. The first-order valence-electron chi connectivity index (χ1n) is 8.16. The lowest BCUT2D eigenvalue weighted by Gasteiger charge is -2.08. The minimum Gasteiger partial charge on any atom is -0.307 e. The van der Waals surface area contributed by atoms with Crippen LogP contribution in [0.15, 0.2) is 60.7 Å². The van der Waals surface area contributed by atoms with Gasteiger partial charge in [-0.05, 0) is 36.5 Å². The van der Waals surface area contributed by atoms with Crippen LogP contribution in [0.2, 0.25) is 0 Å². The van der Waals surface area contributed by atoms with Crippen molar-refractivity contribution in [2.75, 3.05) is 0 Å². The maximum absolute atomic E-state index is 4.52. The van der Waals surface area contributed by atoms with Crippen molar-refractivity contribution in [3.63, 3.8) is 0 Å². The van der Waals surface area contributed by atoms with Crippen LogP contribution < -0.4 is 0 Å². The van der Waals surface area contributed by atoms with E-state index in [-0.39, 0.29) is 0 Å². The molecule has 0 bridgehead atoms. The van der Waals surface area contributed by atoms with Gasteiger partial charge in [0.05, 0.1) is 0 Å². The minimum atomic E-state index is 0.974. The third-order valence-electron chi connectivity index (χ3n) is 4.29. The molecule has 0 saturated carbocycles. The Bertz CT molecular complexity index is 817. The Morgan fingerprint density at radius 1 is 0.783 bits per heavy atom. The van der Waals surface area contributed by atoms with Crippen LogP contribution in [0.1, 0.15) is 30.7 Å². The number of aromatic nitrogens is 3. The molecule has 1 aliphatic rings. The molecule has 0 saturated heterocycles. The highest BCUT2D eigenvalue weighted by molar-refractivity contribution is 5.79. The van der Waals surface area contributed by atoms with Crippen LogP contribution in [0, 0.1) is 0 Å². The first-order valence-corrected chi connectivity index (χ1v) is 8.16. The number of nitrogens with zero attached hydrogens (tertiary/aromatic N) is 3. The molecule has 4 rings (SSSR count). The van der Waals surface area contributed by atoms with Gasteiger partial charge in [-0.3, -0.25) is 0 Å². The standard InChI is InChI=1S/C20H19N3/c1-3-9-16(10-4-1)15-18-13-7-8-14-23-19(21-22-20(18)23)17-11-5-2-6-12-17/h1-6,9-12,15H,7-8,13-14H2/b18-15-. The number of benzene rings is 2. The Morgan fingerprint density at radius 3 is 2.26 bits per heavy atom. The Balaban J connectivity index is 1.80. The molecule has 0 aliphatic carbocycles. The van der Waals surface area contributed by atoms with Gasteiger partial charge in [-0.1, -0.05) is 60.7 Å². The van der Waals surface area contributed by atoms with Crippen molar-refractivity contribution in [1.29, 1.82) is 0 Å². The summed E-state index contributed by atoms with van der Waals surface area (Å²) in [6.07, 6.45) is 5.66. The largest absolute Gasteiger partial charge is 0.307 e. The molecule has 114 valence electrons. The van der Waals surface area contributed by atoms with E-state index in [4.69, 9.17) is 0 Å². The zero-order valence-electron chi connectivity index (χ0n) is 13.0. The Morgan fingerprint density at radius 2 is 1.48 bits per heavy atom. The van der Waals surface area contributed by atoms with Crippen LogP contribution >= 0.6 is 0 Å². The van der Waals surface area contributed by atoms with E-state index >= 15 is 0 Å². The topological polar surface area (TPSA) is 30.7 Å². The molecule has 0 atom stereocenters. The lowest BCUT2D eigenvalue weighted by atomic mass is 10.1. The number of rotatable bonds is 2. The van der Waals surface area contributed by atoms with E-state index in [1.165, 1.54) is 17.6 Å². The van der Waals surface area contributed by atoms with Crippen molar-refractivity contribution >= 4 is 11.6 Å². The highest BCUT2D eigenvalue weighted by atomic mass is 15.3. The van der Waals surface area contributed by atoms with Crippen LogP contribution in [0.5, 0.6) is 0 Å². The minimum absolute atomic E-state index is 0.974. The smallest absolute Gasteiger partial charge is 0.164 e. The average molecular weight is 301 g/mol. The molecular weight excluding hydrogens is 282 g/mol. The normalized spacial score (nSPS) is 16.1. The number of fused-ring (bicyclic) bond motifs is 1. The summed E-state index contributed by atoms with van der Waals surface area (Å²) in [6, 6.07) is 20.8. The van der Waals surface area contributed by atoms with Crippen LogP contribution in [-0.4, -0.2) is 14.8 Å². The SMILES string of the molecule is C(=C1\CCCCn2c1nnc2-c1ccccc1)/c1ccccc1. The molecule has 0 spiro atoms. The van der Waals surface area contributed by atoms with Crippen molar-refractivity contribution in [3.8, 4) is 11.4 Å². The summed E-state index contributed by atoms with van der Waals surface area (Å²) in [7, 11) is 0. The maximum Gasteiger partial charge on any atom is 0.164 e. The molecule has 0 amide bonds. The Kier molecular flexibility index (Phi) is 3.76. The maximum atomic E-state index is 4.52. The molecule has 2 heterocycles. The van der Waals surface area contributed by atoms with E-state index in [0.29, 0.717) is 0 Å². The average Bonchev–Trinajstić information content (AvgIpc) is 2.93. The number of hydrogen-bond donors (Lipinski definition) is 0. The first-order chi connectivity index (χ1) is 11.4. The zero-order chi connectivity index (χ0) is 15.5. The van der Waals surface area contributed by atoms with Gasteiger partial charge in [-0.2, -0.15) is 0 Å². The molecular formula is C20H19N3. The number of hydrogen-bond acceptors (Lipinski definition) is 2. The van der Waals surface area contributed by atoms with Crippen LogP contribution in [0.25, 0.3) is 23.0 Å². The molecule has 3 aromatic rings. The van der Waals surface area contributed by atoms with Crippen LogP contribution in [-0.2, 0) is 6.54 Å². The van der Waals surface area contributed by atoms with Gasteiger partial charge in [0.1, 0.15) is 0 Å². The van der Waals surface area contributed by atoms with Gasteiger partial charge in [0.25, 0.3) is 0 Å². The molecule has 3 nitrogen and oxygen atoms in total. The molecule has 3 heteroatoms. The highest BCUT2D eigenvalue weighted by Gasteiger charge is 2.19. The molecule has 1 aliphatic heterocycles. The van der Waals surface area contributed by atoms with Crippen LogP contribution in [0.4, 0.5) is 0 Å². The van der Waals surface area contributed by atoms with Crippen molar-refractivity contribution in [1.82, 2.24) is 14.8 Å². The van der Waals surface area contributed by atoms with Gasteiger partial charge < -0.3 is 4.57 Å². The van der Waals surface area contributed by atoms with E-state index in [0.717, 1.165) is 36.6 Å². The van der Waals surface area contributed by atoms with E-state index in [1.807, 2.05) is 24.3 Å². The summed E-state index contributed by atoms with van der Waals surface area (Å²) in [5.74, 6) is 1.99. The summed E-state index contributed by atoms with van der Waals surface area (Å²) in [5.41, 5.74) is 3.64. The van der Waals surface area contributed by atoms with Crippen molar-refractivity contribution in [2.45, 2.75) is 25.8 Å². The second kappa shape index (κ2) is 6.21. The summed E-state index contributed by atoms with van der Waals surface area (Å²) in [4.78, 5) is 0. The van der Waals surface area contributed by atoms with Crippen molar-refractivity contribution in [2.24, 2.45) is 0 Å². The monoisotopic (exact) mass is 301 g/mol. The molecule has 0 radical (unpaired) electrons. The third kappa shape index (κ3) is 2.82. The second-order valence-corrected chi connectivity index (χ2v) is 5.90. The predicted molar refractivity (Wildman–Crippen MR) is 93.6 cm³/mol. The fraction of sp³-hybridized carbons (Fsp3) is 0.200. The van der Waals surface area contributed by atoms with Gasteiger partial charge in [-0.15, -0.1) is 10.2 Å². The Hall–Kier alpha value is -2.68. The molecule has 0 unspecified atom stereocenters. The molecule has 1 aromatic heterocycles. The summed E-state index contributed by atoms with van der Waals surface area (Å²) < 4.78 is 2.27. The summed E-state index contributed by atoms with van der Waals surface area (Å²) in [5, 5.41) is 8.99. The van der Waals surface area contributed by atoms with Gasteiger partial charge in [-0.25, -0.2) is 0 Å². The lowest BCUT2D eigenvalue weighted by molar-refractivity contribution is 0.639. The van der Waals surface area contributed by atoms with Crippen molar-refractivity contribution in [3.05, 3.63) is 72.1 Å². The number of allylic oxidation sites excluding steroid dienone is 1. The molecule has 23 heavy (non-hydrogen) atoms. The molecule has 0 fully saturated rings. The zero-order valence-corrected chi connectivity index (χ0v) is 13.0. The Labute approximate surface area is 136 Å². The molecule has 0 N–H and O–H groups in total.